The monoisotopic (exact) mass is 327 g/mol. The first kappa shape index (κ1) is 16.0. The lowest BCUT2D eigenvalue weighted by molar-refractivity contribution is 0.345. The number of ether oxygens (including phenoxy) is 1. The minimum atomic E-state index is 0.221. The number of pyridine rings is 1. The van der Waals surface area contributed by atoms with Crippen LogP contribution in [0, 0.1) is 0 Å². The highest BCUT2D eigenvalue weighted by atomic mass is 19.1. The lowest BCUT2D eigenvalue weighted by Crippen LogP contribution is -1.99. The molecule has 0 saturated carbocycles. The van der Waals surface area contributed by atoms with Crippen LogP contribution in [0.5, 0.6) is 5.75 Å². The van der Waals surface area contributed by atoms with Crippen molar-refractivity contribution in [1.29, 1.82) is 0 Å². The summed E-state index contributed by atoms with van der Waals surface area (Å²) in [7, 11) is 0. The summed E-state index contributed by atoms with van der Waals surface area (Å²) in [6, 6.07) is 9.64. The number of benzene rings is 1. The average Bonchev–Trinajstić information content (AvgIpc) is 3.04. The van der Waals surface area contributed by atoms with Crippen molar-refractivity contribution in [3.05, 3.63) is 60.2 Å². The second-order valence-electron chi connectivity index (χ2n) is 5.27. The molecule has 6 heteroatoms. The topological polar surface area (TPSA) is 60.2 Å². The predicted molar refractivity (Wildman–Crippen MR) is 90.5 cm³/mol. The number of rotatable bonds is 7. The van der Waals surface area contributed by atoms with Crippen LogP contribution in [0.25, 0.3) is 11.1 Å². The Morgan fingerprint density at radius 1 is 1.38 bits per heavy atom. The molecular formula is C18H18FN3O2. The Bertz CT molecular complexity index is 831. The maximum Gasteiger partial charge on any atom is 0.295 e. The summed E-state index contributed by atoms with van der Waals surface area (Å²) in [6.07, 6.45) is 4.72. The Labute approximate surface area is 139 Å². The molecule has 0 fully saturated rings. The van der Waals surface area contributed by atoms with E-state index < -0.39 is 0 Å². The third-order valence-electron chi connectivity index (χ3n) is 3.56. The molecule has 0 bridgehead atoms. The Morgan fingerprint density at radius 2 is 2.29 bits per heavy atom. The summed E-state index contributed by atoms with van der Waals surface area (Å²) in [5.74, 6) is 0.616. The van der Waals surface area contributed by atoms with Crippen LogP contribution in [-0.2, 0) is 6.54 Å². The summed E-state index contributed by atoms with van der Waals surface area (Å²) in [5.41, 5.74) is 2.98. The predicted octanol–water partition coefficient (Wildman–Crippen LogP) is 4.48. The van der Waals surface area contributed by atoms with Crippen molar-refractivity contribution in [3.8, 4) is 5.75 Å². The molecule has 24 heavy (non-hydrogen) atoms. The number of nitrogens with one attached hydrogen (secondary N) is 1. The SMILES string of the molecule is CC/C(=C\F)COc1ccc2nc(NCc3cccnc3)oc2c1. The van der Waals surface area contributed by atoms with E-state index in [2.05, 4.69) is 15.3 Å². The molecule has 3 aromatic rings. The van der Waals surface area contributed by atoms with Crippen molar-refractivity contribution in [1.82, 2.24) is 9.97 Å². The number of halogens is 1. The number of hydrogen-bond donors (Lipinski definition) is 1. The first-order chi connectivity index (χ1) is 11.8. The normalized spacial score (nSPS) is 11.7. The van der Waals surface area contributed by atoms with E-state index in [9.17, 15) is 4.39 Å². The Morgan fingerprint density at radius 3 is 3.04 bits per heavy atom. The van der Waals surface area contributed by atoms with Crippen molar-refractivity contribution in [3.63, 3.8) is 0 Å². The molecule has 2 aromatic heterocycles. The zero-order chi connectivity index (χ0) is 16.8. The van der Waals surface area contributed by atoms with Crippen molar-refractivity contribution in [2.24, 2.45) is 0 Å². The van der Waals surface area contributed by atoms with Crippen LogP contribution in [0.1, 0.15) is 18.9 Å². The van der Waals surface area contributed by atoms with Gasteiger partial charge in [0.2, 0.25) is 0 Å². The molecule has 1 N–H and O–H groups in total. The largest absolute Gasteiger partial charge is 0.489 e. The van der Waals surface area contributed by atoms with E-state index >= 15 is 0 Å². The molecule has 3 rings (SSSR count). The number of anilines is 1. The molecule has 0 aliphatic rings. The third-order valence-corrected chi connectivity index (χ3v) is 3.56. The molecule has 2 heterocycles. The second kappa shape index (κ2) is 7.59. The zero-order valence-corrected chi connectivity index (χ0v) is 13.3. The minimum absolute atomic E-state index is 0.221. The van der Waals surface area contributed by atoms with E-state index in [0.29, 0.717) is 42.2 Å². The van der Waals surface area contributed by atoms with Crippen LogP contribution in [-0.4, -0.2) is 16.6 Å². The van der Waals surface area contributed by atoms with Crippen LogP contribution in [0.3, 0.4) is 0 Å². The van der Waals surface area contributed by atoms with Gasteiger partial charge in [0.05, 0.1) is 6.33 Å². The summed E-state index contributed by atoms with van der Waals surface area (Å²) < 4.78 is 23.8. The van der Waals surface area contributed by atoms with Crippen LogP contribution in [0.2, 0.25) is 0 Å². The lowest BCUT2D eigenvalue weighted by atomic mass is 10.2. The highest BCUT2D eigenvalue weighted by molar-refractivity contribution is 5.76. The van der Waals surface area contributed by atoms with Gasteiger partial charge in [0.1, 0.15) is 17.9 Å². The van der Waals surface area contributed by atoms with Crippen molar-refractivity contribution in [2.75, 3.05) is 11.9 Å². The van der Waals surface area contributed by atoms with E-state index in [1.807, 2.05) is 25.1 Å². The molecular weight excluding hydrogens is 309 g/mol. The first-order valence-electron chi connectivity index (χ1n) is 7.72. The molecule has 0 unspecified atom stereocenters. The molecule has 0 radical (unpaired) electrons. The molecule has 0 aliphatic heterocycles. The van der Waals surface area contributed by atoms with Gasteiger partial charge in [-0.15, -0.1) is 0 Å². The van der Waals surface area contributed by atoms with Crippen LogP contribution in [0.4, 0.5) is 10.4 Å². The quantitative estimate of drug-likeness (QED) is 0.693. The van der Waals surface area contributed by atoms with E-state index in [1.54, 1.807) is 24.5 Å². The summed E-state index contributed by atoms with van der Waals surface area (Å²) in [4.78, 5) is 8.43. The number of fused-ring (bicyclic) bond motifs is 1. The van der Waals surface area contributed by atoms with Crippen molar-refractivity contribution < 1.29 is 13.5 Å². The summed E-state index contributed by atoms with van der Waals surface area (Å²) >= 11 is 0. The summed E-state index contributed by atoms with van der Waals surface area (Å²) in [5, 5.41) is 3.12. The van der Waals surface area contributed by atoms with Gasteiger partial charge < -0.3 is 14.5 Å². The Balaban J connectivity index is 1.67. The van der Waals surface area contributed by atoms with Crippen LogP contribution < -0.4 is 10.1 Å². The third kappa shape index (κ3) is 3.90. The Kier molecular flexibility index (Phi) is 5.05. The van der Waals surface area contributed by atoms with Crippen molar-refractivity contribution >= 4 is 17.1 Å². The molecule has 5 nitrogen and oxygen atoms in total. The molecule has 1 aromatic carbocycles. The average molecular weight is 327 g/mol. The van der Waals surface area contributed by atoms with E-state index in [1.165, 1.54) is 0 Å². The van der Waals surface area contributed by atoms with Gasteiger partial charge in [-0.05, 0) is 35.8 Å². The maximum absolute atomic E-state index is 12.6. The standard InChI is InChI=1S/C18H18FN3O2/c1-2-13(9-19)12-23-15-5-6-16-17(8-15)24-18(22-16)21-11-14-4-3-7-20-10-14/h3-10H,2,11-12H2,1H3,(H,21,22)/b13-9+. The fourth-order valence-corrected chi connectivity index (χ4v) is 2.14. The minimum Gasteiger partial charge on any atom is -0.489 e. The molecule has 0 atom stereocenters. The van der Waals surface area contributed by atoms with E-state index in [-0.39, 0.29) is 6.61 Å². The van der Waals surface area contributed by atoms with Gasteiger partial charge in [-0.2, -0.15) is 4.98 Å². The highest BCUT2D eigenvalue weighted by Gasteiger charge is 2.07. The number of hydrogen-bond acceptors (Lipinski definition) is 5. The molecule has 0 amide bonds. The zero-order valence-electron chi connectivity index (χ0n) is 13.3. The van der Waals surface area contributed by atoms with Gasteiger partial charge in [0, 0.05) is 25.0 Å². The molecule has 0 aliphatic carbocycles. The van der Waals surface area contributed by atoms with Gasteiger partial charge in [-0.1, -0.05) is 13.0 Å². The smallest absolute Gasteiger partial charge is 0.295 e. The lowest BCUT2D eigenvalue weighted by Gasteiger charge is -2.06. The van der Waals surface area contributed by atoms with Gasteiger partial charge >= 0.3 is 0 Å². The van der Waals surface area contributed by atoms with Gasteiger partial charge in [-0.3, -0.25) is 4.98 Å². The molecule has 0 saturated heterocycles. The first-order valence-corrected chi connectivity index (χ1v) is 7.72. The molecule has 0 spiro atoms. The fraction of sp³-hybridized carbons (Fsp3) is 0.222. The summed E-state index contributed by atoms with van der Waals surface area (Å²) in [6.45, 7) is 2.68. The van der Waals surface area contributed by atoms with Gasteiger partial charge in [0.15, 0.2) is 5.58 Å². The van der Waals surface area contributed by atoms with E-state index in [0.717, 1.165) is 11.1 Å². The number of aromatic nitrogens is 2. The van der Waals surface area contributed by atoms with E-state index in [4.69, 9.17) is 9.15 Å². The maximum atomic E-state index is 12.6. The fourth-order valence-electron chi connectivity index (χ4n) is 2.14. The van der Waals surface area contributed by atoms with Crippen LogP contribution >= 0.6 is 0 Å². The number of oxazole rings is 1. The second-order valence-corrected chi connectivity index (χ2v) is 5.27. The number of nitrogens with zero attached hydrogens (tertiary/aromatic N) is 2. The van der Waals surface area contributed by atoms with Gasteiger partial charge in [0.25, 0.3) is 6.01 Å². The Hall–Kier alpha value is -2.89. The molecule has 124 valence electrons. The van der Waals surface area contributed by atoms with Crippen molar-refractivity contribution in [2.45, 2.75) is 19.9 Å². The highest BCUT2D eigenvalue weighted by Crippen LogP contribution is 2.24. The van der Waals surface area contributed by atoms with Crippen LogP contribution in [0.15, 0.2) is 59.0 Å². The van der Waals surface area contributed by atoms with Gasteiger partial charge in [-0.25, -0.2) is 4.39 Å².